The molecule has 2 fully saturated rings. The highest BCUT2D eigenvalue weighted by atomic mass is 16.5. The normalized spacial score (nSPS) is 22.6. The molecule has 0 bridgehead atoms. The Bertz CT molecular complexity index is 334. The van der Waals surface area contributed by atoms with Crippen molar-refractivity contribution in [3.63, 3.8) is 0 Å². The highest BCUT2D eigenvalue weighted by Gasteiger charge is 2.26. The zero-order valence-electron chi connectivity index (χ0n) is 14.4. The van der Waals surface area contributed by atoms with E-state index in [1.165, 1.54) is 32.1 Å². The molecule has 5 heteroatoms. The number of nitrogens with one attached hydrogen (secondary N) is 1. The second kappa shape index (κ2) is 9.36. The van der Waals surface area contributed by atoms with Gasteiger partial charge in [0.25, 0.3) is 0 Å². The minimum atomic E-state index is 0.489. The Balaban J connectivity index is 1.86. The number of ether oxygens (including phenoxy) is 1. The number of hydrogen-bond donors (Lipinski definition) is 2. The molecule has 5 nitrogen and oxygen atoms in total. The van der Waals surface area contributed by atoms with Gasteiger partial charge in [0.2, 0.25) is 0 Å². The molecule has 1 aliphatic carbocycles. The van der Waals surface area contributed by atoms with Crippen LogP contribution in [0, 0.1) is 11.8 Å². The van der Waals surface area contributed by atoms with E-state index < -0.39 is 0 Å². The number of nitrogens with zero attached hydrogens (tertiary/aromatic N) is 2. The molecule has 0 aromatic carbocycles. The van der Waals surface area contributed by atoms with Crippen LogP contribution in [-0.2, 0) is 4.74 Å². The van der Waals surface area contributed by atoms with Gasteiger partial charge >= 0.3 is 0 Å². The quantitative estimate of drug-likeness (QED) is 0.530. The summed E-state index contributed by atoms with van der Waals surface area (Å²) in [6, 6.07) is 0.489. The first-order chi connectivity index (χ1) is 10.7. The third kappa shape index (κ3) is 5.13. The number of hydrogen-bond acceptors (Lipinski definition) is 3. The summed E-state index contributed by atoms with van der Waals surface area (Å²) >= 11 is 0. The third-order valence-electron chi connectivity index (χ3n) is 5.35. The first kappa shape index (κ1) is 17.5. The van der Waals surface area contributed by atoms with Gasteiger partial charge in [0.05, 0.1) is 19.8 Å². The highest BCUT2D eigenvalue weighted by molar-refractivity contribution is 5.77. The monoisotopic (exact) mass is 310 g/mol. The van der Waals surface area contributed by atoms with Crippen molar-refractivity contribution in [2.45, 2.75) is 52.0 Å². The maximum atomic E-state index is 6.06. The molecule has 3 N–H and O–H groups in total. The van der Waals surface area contributed by atoms with Crippen molar-refractivity contribution in [2.24, 2.45) is 22.6 Å². The predicted octanol–water partition coefficient (Wildman–Crippen LogP) is 1.83. The topological polar surface area (TPSA) is 62.9 Å². The van der Waals surface area contributed by atoms with Crippen LogP contribution in [0.2, 0.25) is 0 Å². The van der Waals surface area contributed by atoms with E-state index in [0.29, 0.717) is 17.9 Å². The van der Waals surface area contributed by atoms with Crippen LogP contribution in [0.1, 0.15) is 46.0 Å². The smallest absolute Gasteiger partial charge is 0.188 e. The van der Waals surface area contributed by atoms with Gasteiger partial charge in [-0.25, -0.2) is 0 Å². The van der Waals surface area contributed by atoms with Gasteiger partial charge in [-0.1, -0.05) is 33.1 Å². The molecule has 1 heterocycles. The average molecular weight is 310 g/mol. The van der Waals surface area contributed by atoms with Gasteiger partial charge < -0.3 is 15.8 Å². The van der Waals surface area contributed by atoms with Gasteiger partial charge in [0.1, 0.15) is 0 Å². The lowest BCUT2D eigenvalue weighted by atomic mass is 9.85. The second-order valence-electron chi connectivity index (χ2n) is 6.70. The standard InChI is InChI=1S/C17H34N4O/c1-3-15(4-2)16(21-8-10-22-11-9-21)13-20-17(18)19-12-14-6-5-7-14/h14-16H,3-13H2,1-2H3,(H3,18,19,20). The zero-order chi connectivity index (χ0) is 15.8. The fraction of sp³-hybridized carbons (Fsp3) is 0.941. The first-order valence-electron chi connectivity index (χ1n) is 9.10. The molecule has 0 amide bonds. The Morgan fingerprint density at radius 3 is 2.50 bits per heavy atom. The number of aliphatic imine (C=N–C) groups is 1. The van der Waals surface area contributed by atoms with Gasteiger partial charge in [-0.3, -0.25) is 9.89 Å². The first-order valence-corrected chi connectivity index (χ1v) is 9.10. The number of guanidine groups is 1. The molecular weight excluding hydrogens is 276 g/mol. The molecule has 1 aliphatic heterocycles. The van der Waals surface area contributed by atoms with E-state index in [9.17, 15) is 0 Å². The Labute approximate surface area is 135 Å². The molecule has 1 atom stereocenters. The summed E-state index contributed by atoms with van der Waals surface area (Å²) in [5.41, 5.74) is 6.06. The summed E-state index contributed by atoms with van der Waals surface area (Å²) in [7, 11) is 0. The Morgan fingerprint density at radius 1 is 1.27 bits per heavy atom. The molecule has 1 saturated heterocycles. The predicted molar refractivity (Wildman–Crippen MR) is 92.1 cm³/mol. The lowest BCUT2D eigenvalue weighted by Gasteiger charge is -2.38. The van der Waals surface area contributed by atoms with E-state index in [4.69, 9.17) is 10.5 Å². The van der Waals surface area contributed by atoms with E-state index >= 15 is 0 Å². The Hall–Kier alpha value is -0.810. The maximum absolute atomic E-state index is 6.06. The molecule has 128 valence electrons. The van der Waals surface area contributed by atoms with Crippen molar-refractivity contribution < 1.29 is 4.74 Å². The molecule has 0 spiro atoms. The fourth-order valence-corrected chi connectivity index (χ4v) is 3.50. The van der Waals surface area contributed by atoms with Gasteiger partial charge in [-0.2, -0.15) is 0 Å². The van der Waals surface area contributed by atoms with Crippen LogP contribution in [0.25, 0.3) is 0 Å². The summed E-state index contributed by atoms with van der Waals surface area (Å²) < 4.78 is 5.49. The summed E-state index contributed by atoms with van der Waals surface area (Å²) in [6.45, 7) is 10.1. The van der Waals surface area contributed by atoms with E-state index in [2.05, 4.69) is 29.1 Å². The molecule has 2 aliphatic rings. The van der Waals surface area contributed by atoms with Crippen LogP contribution in [0.5, 0.6) is 0 Å². The van der Waals surface area contributed by atoms with E-state index in [1.54, 1.807) is 0 Å². The lowest BCUT2D eigenvalue weighted by Crippen LogP contribution is -2.49. The molecule has 1 unspecified atom stereocenters. The molecule has 0 aromatic rings. The van der Waals surface area contributed by atoms with Crippen molar-refractivity contribution in [3.8, 4) is 0 Å². The van der Waals surface area contributed by atoms with Crippen LogP contribution >= 0.6 is 0 Å². The average Bonchev–Trinajstić information content (AvgIpc) is 2.50. The van der Waals surface area contributed by atoms with Crippen molar-refractivity contribution in [3.05, 3.63) is 0 Å². The van der Waals surface area contributed by atoms with E-state index in [0.717, 1.165) is 45.3 Å². The van der Waals surface area contributed by atoms with Crippen LogP contribution in [-0.4, -0.2) is 56.3 Å². The van der Waals surface area contributed by atoms with Crippen molar-refractivity contribution in [2.75, 3.05) is 39.4 Å². The summed E-state index contributed by atoms with van der Waals surface area (Å²) in [5.74, 6) is 2.11. The second-order valence-corrected chi connectivity index (χ2v) is 6.70. The SMILES string of the molecule is CCC(CC)C(CN=C(N)NCC1CCC1)N1CCOCC1. The van der Waals surface area contributed by atoms with Gasteiger partial charge in [0.15, 0.2) is 5.96 Å². The van der Waals surface area contributed by atoms with Crippen LogP contribution in [0.3, 0.4) is 0 Å². The Kier molecular flexibility index (Phi) is 7.46. The van der Waals surface area contributed by atoms with E-state index in [1.807, 2.05) is 0 Å². The lowest BCUT2D eigenvalue weighted by molar-refractivity contribution is 0.00396. The maximum Gasteiger partial charge on any atom is 0.188 e. The molecule has 0 radical (unpaired) electrons. The van der Waals surface area contributed by atoms with Gasteiger partial charge in [-0.05, 0) is 24.7 Å². The van der Waals surface area contributed by atoms with Crippen LogP contribution < -0.4 is 11.1 Å². The minimum absolute atomic E-state index is 0.489. The molecule has 22 heavy (non-hydrogen) atoms. The summed E-state index contributed by atoms with van der Waals surface area (Å²) in [6.07, 6.45) is 6.44. The number of nitrogens with two attached hydrogens (primary N) is 1. The van der Waals surface area contributed by atoms with E-state index in [-0.39, 0.29) is 0 Å². The summed E-state index contributed by atoms with van der Waals surface area (Å²) in [4.78, 5) is 7.19. The highest BCUT2D eigenvalue weighted by Crippen LogP contribution is 2.25. The van der Waals surface area contributed by atoms with Gasteiger partial charge in [-0.15, -0.1) is 0 Å². The molecule has 2 rings (SSSR count). The molecule has 0 aromatic heterocycles. The third-order valence-corrected chi connectivity index (χ3v) is 5.35. The van der Waals surface area contributed by atoms with Crippen molar-refractivity contribution >= 4 is 5.96 Å². The molecular formula is C17H34N4O. The number of rotatable bonds is 8. The number of morpholine rings is 1. The Morgan fingerprint density at radius 2 is 1.95 bits per heavy atom. The summed E-state index contributed by atoms with van der Waals surface area (Å²) in [5, 5.41) is 3.30. The minimum Gasteiger partial charge on any atom is -0.379 e. The van der Waals surface area contributed by atoms with Gasteiger partial charge in [0, 0.05) is 25.7 Å². The van der Waals surface area contributed by atoms with Crippen LogP contribution in [0.4, 0.5) is 0 Å². The van der Waals surface area contributed by atoms with Crippen LogP contribution in [0.15, 0.2) is 4.99 Å². The zero-order valence-corrected chi connectivity index (χ0v) is 14.4. The fourth-order valence-electron chi connectivity index (χ4n) is 3.50. The van der Waals surface area contributed by atoms with Crippen molar-refractivity contribution in [1.29, 1.82) is 0 Å². The molecule has 1 saturated carbocycles. The van der Waals surface area contributed by atoms with Crippen molar-refractivity contribution in [1.82, 2.24) is 10.2 Å². The largest absolute Gasteiger partial charge is 0.379 e.